The van der Waals surface area contributed by atoms with E-state index >= 15 is 0 Å². The fourth-order valence-electron chi connectivity index (χ4n) is 1.71. The molecule has 94 valence electrons. The molecule has 0 aliphatic heterocycles. The number of aromatic hydroxyl groups is 1. The predicted molar refractivity (Wildman–Crippen MR) is 73.4 cm³/mol. The molecule has 0 saturated carbocycles. The molecule has 1 unspecified atom stereocenters. The molecular weight excluding hydrogens is 248 g/mol. The Kier molecular flexibility index (Phi) is 5.44. The van der Waals surface area contributed by atoms with Crippen LogP contribution in [0.2, 0.25) is 5.02 Å². The standard InChI is InChI=1S/C14H15ClN2O/c1-3-7-17(8-4-2)13(10-16)12-9-11(15)5-6-14(12)18/h3-6,9,13,18H,1-2,7-8H2. The Bertz CT molecular complexity index is 469. The lowest BCUT2D eigenvalue weighted by molar-refractivity contribution is 0.285. The molecule has 4 heteroatoms. The van der Waals surface area contributed by atoms with Crippen molar-refractivity contribution in [1.82, 2.24) is 4.90 Å². The van der Waals surface area contributed by atoms with Crippen molar-refractivity contribution in [2.75, 3.05) is 13.1 Å². The Morgan fingerprint density at radius 1 is 1.39 bits per heavy atom. The van der Waals surface area contributed by atoms with Crippen molar-refractivity contribution >= 4 is 11.6 Å². The van der Waals surface area contributed by atoms with Crippen LogP contribution in [0.5, 0.6) is 5.75 Å². The van der Waals surface area contributed by atoms with Crippen LogP contribution in [-0.2, 0) is 0 Å². The quantitative estimate of drug-likeness (QED) is 0.801. The van der Waals surface area contributed by atoms with E-state index in [-0.39, 0.29) is 5.75 Å². The number of nitrogens with zero attached hydrogens (tertiary/aromatic N) is 2. The van der Waals surface area contributed by atoms with Crippen LogP contribution in [0.1, 0.15) is 11.6 Å². The van der Waals surface area contributed by atoms with Gasteiger partial charge < -0.3 is 5.11 Å². The molecule has 0 amide bonds. The van der Waals surface area contributed by atoms with Crippen molar-refractivity contribution in [3.05, 3.63) is 54.1 Å². The highest BCUT2D eigenvalue weighted by Crippen LogP contribution is 2.30. The van der Waals surface area contributed by atoms with Gasteiger partial charge in [0.1, 0.15) is 11.8 Å². The second-order valence-electron chi connectivity index (χ2n) is 3.77. The van der Waals surface area contributed by atoms with Gasteiger partial charge in [-0.25, -0.2) is 0 Å². The largest absolute Gasteiger partial charge is 0.508 e. The van der Waals surface area contributed by atoms with E-state index < -0.39 is 6.04 Å². The van der Waals surface area contributed by atoms with E-state index in [0.717, 1.165) is 0 Å². The van der Waals surface area contributed by atoms with E-state index in [1.807, 2.05) is 4.90 Å². The summed E-state index contributed by atoms with van der Waals surface area (Å²) in [6.45, 7) is 8.37. The van der Waals surface area contributed by atoms with E-state index in [1.54, 1.807) is 24.3 Å². The summed E-state index contributed by atoms with van der Waals surface area (Å²) in [6, 6.07) is 6.26. The van der Waals surface area contributed by atoms with Gasteiger partial charge in [-0.1, -0.05) is 23.8 Å². The van der Waals surface area contributed by atoms with Crippen LogP contribution in [0.25, 0.3) is 0 Å². The fourth-order valence-corrected chi connectivity index (χ4v) is 1.89. The summed E-state index contributed by atoms with van der Waals surface area (Å²) in [7, 11) is 0. The molecule has 0 saturated heterocycles. The molecular formula is C14H15ClN2O. The lowest BCUT2D eigenvalue weighted by Gasteiger charge is -2.25. The third-order valence-corrected chi connectivity index (χ3v) is 2.73. The highest BCUT2D eigenvalue weighted by molar-refractivity contribution is 6.30. The van der Waals surface area contributed by atoms with Gasteiger partial charge in [0, 0.05) is 23.7 Å². The van der Waals surface area contributed by atoms with Crippen LogP contribution < -0.4 is 0 Å². The Balaban J connectivity index is 3.14. The molecule has 0 aromatic heterocycles. The molecule has 1 rings (SSSR count). The summed E-state index contributed by atoms with van der Waals surface area (Å²) in [6.07, 6.45) is 3.41. The number of hydrogen-bond acceptors (Lipinski definition) is 3. The van der Waals surface area contributed by atoms with Gasteiger partial charge in [0.05, 0.1) is 6.07 Å². The predicted octanol–water partition coefficient (Wildman–Crippen LogP) is 3.28. The number of phenolic OH excluding ortho intramolecular Hbond substituents is 1. The minimum Gasteiger partial charge on any atom is -0.508 e. The molecule has 0 radical (unpaired) electrons. The highest BCUT2D eigenvalue weighted by atomic mass is 35.5. The van der Waals surface area contributed by atoms with Gasteiger partial charge >= 0.3 is 0 Å². The van der Waals surface area contributed by atoms with Crippen LogP contribution in [0.3, 0.4) is 0 Å². The van der Waals surface area contributed by atoms with Crippen LogP contribution in [0.15, 0.2) is 43.5 Å². The topological polar surface area (TPSA) is 47.3 Å². The van der Waals surface area contributed by atoms with E-state index in [2.05, 4.69) is 19.2 Å². The average Bonchev–Trinajstić information content (AvgIpc) is 2.35. The SMILES string of the molecule is C=CCN(CC=C)C(C#N)c1cc(Cl)ccc1O. The molecule has 0 bridgehead atoms. The van der Waals surface area contributed by atoms with Gasteiger partial charge in [-0.15, -0.1) is 13.2 Å². The number of hydrogen-bond donors (Lipinski definition) is 1. The van der Waals surface area contributed by atoms with Gasteiger partial charge in [0.2, 0.25) is 0 Å². The Labute approximate surface area is 112 Å². The Morgan fingerprint density at radius 3 is 2.50 bits per heavy atom. The molecule has 1 aromatic carbocycles. The molecule has 1 aromatic rings. The summed E-state index contributed by atoms with van der Waals surface area (Å²) in [5.41, 5.74) is 0.494. The fraction of sp³-hybridized carbons (Fsp3) is 0.214. The van der Waals surface area contributed by atoms with Crippen LogP contribution in [-0.4, -0.2) is 23.1 Å². The van der Waals surface area contributed by atoms with Crippen molar-refractivity contribution in [2.24, 2.45) is 0 Å². The van der Waals surface area contributed by atoms with Crippen molar-refractivity contribution in [3.8, 4) is 11.8 Å². The number of benzene rings is 1. The van der Waals surface area contributed by atoms with Crippen molar-refractivity contribution in [1.29, 1.82) is 5.26 Å². The Morgan fingerprint density at radius 2 is 2.00 bits per heavy atom. The number of halogens is 1. The Hall–Kier alpha value is -1.76. The first kappa shape index (κ1) is 14.3. The molecule has 3 nitrogen and oxygen atoms in total. The second-order valence-corrected chi connectivity index (χ2v) is 4.20. The summed E-state index contributed by atoms with van der Waals surface area (Å²) in [4.78, 5) is 1.84. The highest BCUT2D eigenvalue weighted by Gasteiger charge is 2.21. The maximum atomic E-state index is 9.83. The normalized spacial score (nSPS) is 11.8. The molecule has 0 spiro atoms. The maximum Gasteiger partial charge on any atom is 0.128 e. The lowest BCUT2D eigenvalue weighted by atomic mass is 10.1. The molecule has 18 heavy (non-hydrogen) atoms. The van der Waals surface area contributed by atoms with E-state index in [9.17, 15) is 10.4 Å². The third kappa shape index (κ3) is 3.36. The second kappa shape index (κ2) is 6.85. The van der Waals surface area contributed by atoms with Gasteiger partial charge in [-0.3, -0.25) is 4.90 Å². The molecule has 1 atom stereocenters. The lowest BCUT2D eigenvalue weighted by Crippen LogP contribution is -2.28. The van der Waals surface area contributed by atoms with Gasteiger partial charge in [0.25, 0.3) is 0 Å². The minimum atomic E-state index is -0.584. The number of nitriles is 1. The average molecular weight is 263 g/mol. The first-order valence-corrected chi connectivity index (χ1v) is 5.85. The van der Waals surface area contributed by atoms with E-state index in [1.165, 1.54) is 6.07 Å². The van der Waals surface area contributed by atoms with Gasteiger partial charge in [0.15, 0.2) is 0 Å². The zero-order valence-corrected chi connectivity index (χ0v) is 10.8. The summed E-state index contributed by atoms with van der Waals surface area (Å²) in [5, 5.41) is 19.6. The van der Waals surface area contributed by atoms with Crippen LogP contribution in [0.4, 0.5) is 0 Å². The van der Waals surface area contributed by atoms with Gasteiger partial charge in [-0.2, -0.15) is 5.26 Å². The zero-order chi connectivity index (χ0) is 13.5. The number of phenols is 1. The monoisotopic (exact) mass is 262 g/mol. The third-order valence-electron chi connectivity index (χ3n) is 2.50. The summed E-state index contributed by atoms with van der Waals surface area (Å²) in [5.74, 6) is 0.0593. The first-order chi connectivity index (χ1) is 8.63. The smallest absolute Gasteiger partial charge is 0.128 e. The summed E-state index contributed by atoms with van der Waals surface area (Å²) >= 11 is 5.90. The van der Waals surface area contributed by atoms with Crippen molar-refractivity contribution < 1.29 is 5.11 Å². The maximum absolute atomic E-state index is 9.83. The summed E-state index contributed by atoms with van der Waals surface area (Å²) < 4.78 is 0. The minimum absolute atomic E-state index is 0.0593. The first-order valence-electron chi connectivity index (χ1n) is 5.48. The number of rotatable bonds is 6. The molecule has 0 aliphatic rings. The molecule has 0 fully saturated rings. The van der Waals surface area contributed by atoms with Crippen LogP contribution >= 0.6 is 11.6 Å². The van der Waals surface area contributed by atoms with Crippen LogP contribution in [0, 0.1) is 11.3 Å². The molecule has 1 N–H and O–H groups in total. The van der Waals surface area contributed by atoms with E-state index in [4.69, 9.17) is 11.6 Å². The molecule has 0 aliphatic carbocycles. The van der Waals surface area contributed by atoms with Crippen molar-refractivity contribution in [2.45, 2.75) is 6.04 Å². The molecule has 0 heterocycles. The van der Waals surface area contributed by atoms with E-state index in [0.29, 0.717) is 23.7 Å². The van der Waals surface area contributed by atoms with Gasteiger partial charge in [-0.05, 0) is 18.2 Å². The van der Waals surface area contributed by atoms with Crippen molar-refractivity contribution in [3.63, 3.8) is 0 Å². The zero-order valence-electron chi connectivity index (χ0n) is 10.0.